The number of nitrogens with zero attached hydrogens (tertiary/aromatic N) is 1. The number of halogens is 6. The van der Waals surface area contributed by atoms with Crippen LogP contribution in [0.1, 0.15) is 0 Å². The standard InChI is InChI=1S/C9H16BF6N5O3/c1-10(24)21(4-17-2-19-6(22)8(11,12)13)5-18-3-20-7(23)9(14,15)16/h17-18,24H,2-5H2,1H3,(H,19,22)(H,20,23). The fourth-order valence-electron chi connectivity index (χ4n) is 1.21. The lowest BCUT2D eigenvalue weighted by molar-refractivity contribution is -0.173. The van der Waals surface area contributed by atoms with Gasteiger partial charge in [-0.2, -0.15) is 26.3 Å². The molecular formula is C9H16BF6N5O3. The van der Waals surface area contributed by atoms with Crippen LogP contribution in [0.25, 0.3) is 0 Å². The van der Waals surface area contributed by atoms with Crippen LogP contribution in [-0.4, -0.2) is 67.7 Å². The van der Waals surface area contributed by atoms with Crippen molar-refractivity contribution in [3.05, 3.63) is 0 Å². The first-order valence-electron chi connectivity index (χ1n) is 6.39. The van der Waals surface area contributed by atoms with Gasteiger partial charge in [0.25, 0.3) is 0 Å². The predicted molar refractivity (Wildman–Crippen MR) is 69.8 cm³/mol. The van der Waals surface area contributed by atoms with Crippen LogP contribution in [0.2, 0.25) is 6.82 Å². The number of amides is 2. The minimum absolute atomic E-state index is 0.198. The molecule has 0 fully saturated rings. The molecule has 0 aliphatic rings. The van der Waals surface area contributed by atoms with Gasteiger partial charge in [0.05, 0.1) is 13.3 Å². The summed E-state index contributed by atoms with van der Waals surface area (Å²) in [4.78, 5) is 22.2. The van der Waals surface area contributed by atoms with Crippen molar-refractivity contribution in [2.45, 2.75) is 19.2 Å². The Morgan fingerprint density at radius 1 is 0.917 bits per heavy atom. The second-order valence-electron chi connectivity index (χ2n) is 4.40. The summed E-state index contributed by atoms with van der Waals surface area (Å²) in [7, 11) is -1.11. The van der Waals surface area contributed by atoms with Gasteiger partial charge in [0.1, 0.15) is 0 Å². The minimum Gasteiger partial charge on any atom is -0.437 e. The molecule has 0 heterocycles. The molecule has 15 heteroatoms. The Bertz CT molecular complexity index is 385. The van der Waals surface area contributed by atoms with E-state index in [4.69, 9.17) is 0 Å². The van der Waals surface area contributed by atoms with Gasteiger partial charge in [-0.15, -0.1) is 0 Å². The average Bonchev–Trinajstić information content (AvgIpc) is 2.42. The molecule has 0 rings (SSSR count). The first kappa shape index (κ1) is 22.4. The summed E-state index contributed by atoms with van der Waals surface area (Å²) in [5, 5.41) is 17.2. The zero-order valence-corrected chi connectivity index (χ0v) is 12.4. The Hall–Kier alpha value is -1.58. The van der Waals surface area contributed by atoms with Gasteiger partial charge in [0.15, 0.2) is 0 Å². The fraction of sp³-hybridized carbons (Fsp3) is 0.778. The van der Waals surface area contributed by atoms with Crippen LogP contribution < -0.4 is 21.3 Å². The first-order chi connectivity index (χ1) is 10.9. The Labute approximate surface area is 133 Å². The molecule has 24 heavy (non-hydrogen) atoms. The molecule has 0 spiro atoms. The summed E-state index contributed by atoms with van der Waals surface area (Å²) < 4.78 is 71.4. The molecule has 0 aliphatic carbocycles. The van der Waals surface area contributed by atoms with E-state index in [9.17, 15) is 41.0 Å². The van der Waals surface area contributed by atoms with Gasteiger partial charge in [-0.05, 0) is 6.82 Å². The average molecular weight is 367 g/mol. The Balaban J connectivity index is 4.03. The number of carbonyl (C=O) groups excluding carboxylic acids is 2. The van der Waals surface area contributed by atoms with E-state index in [0.717, 1.165) is 0 Å². The second kappa shape index (κ2) is 9.66. The number of hydrogen-bond acceptors (Lipinski definition) is 6. The third-order valence-corrected chi connectivity index (χ3v) is 2.42. The van der Waals surface area contributed by atoms with Gasteiger partial charge in [0.2, 0.25) is 0 Å². The van der Waals surface area contributed by atoms with Crippen LogP contribution in [0.4, 0.5) is 26.3 Å². The predicted octanol–water partition coefficient (Wildman–Crippen LogP) is -1.24. The van der Waals surface area contributed by atoms with E-state index in [-0.39, 0.29) is 13.3 Å². The summed E-state index contributed by atoms with van der Waals surface area (Å²) >= 11 is 0. The lowest BCUT2D eigenvalue weighted by Crippen LogP contribution is -2.52. The van der Waals surface area contributed by atoms with Gasteiger partial charge in [-0.1, -0.05) is 0 Å². The van der Waals surface area contributed by atoms with Crippen LogP contribution >= 0.6 is 0 Å². The summed E-state index contributed by atoms with van der Waals surface area (Å²) in [6.45, 7) is -0.198. The van der Waals surface area contributed by atoms with Crippen LogP contribution in [0, 0.1) is 0 Å². The normalized spacial score (nSPS) is 12.2. The van der Waals surface area contributed by atoms with Gasteiger partial charge in [-0.25, -0.2) is 0 Å². The molecule has 140 valence electrons. The number of carbonyl (C=O) groups is 2. The zero-order valence-electron chi connectivity index (χ0n) is 12.4. The molecule has 0 aromatic heterocycles. The summed E-state index contributed by atoms with van der Waals surface area (Å²) in [5.74, 6) is -4.29. The molecule has 0 radical (unpaired) electrons. The van der Waals surface area contributed by atoms with Crippen molar-refractivity contribution in [1.82, 2.24) is 26.1 Å². The maximum atomic E-state index is 11.9. The molecule has 5 N–H and O–H groups in total. The Morgan fingerprint density at radius 2 is 1.25 bits per heavy atom. The molecular weight excluding hydrogens is 351 g/mol. The molecule has 0 unspecified atom stereocenters. The van der Waals surface area contributed by atoms with E-state index in [1.165, 1.54) is 22.3 Å². The van der Waals surface area contributed by atoms with Crippen LogP contribution in [0.3, 0.4) is 0 Å². The second-order valence-corrected chi connectivity index (χ2v) is 4.40. The zero-order chi connectivity index (χ0) is 19.0. The number of rotatable bonds is 9. The quantitative estimate of drug-likeness (QED) is 0.151. The van der Waals surface area contributed by atoms with E-state index in [1.54, 1.807) is 0 Å². The van der Waals surface area contributed by atoms with Crippen molar-refractivity contribution in [1.29, 1.82) is 0 Å². The van der Waals surface area contributed by atoms with Crippen molar-refractivity contribution in [2.24, 2.45) is 0 Å². The third kappa shape index (κ3) is 9.54. The highest BCUT2D eigenvalue weighted by atomic mass is 19.4. The summed E-state index contributed by atoms with van der Waals surface area (Å²) in [5.41, 5.74) is 0. The number of nitrogens with one attached hydrogen (secondary N) is 4. The summed E-state index contributed by atoms with van der Waals surface area (Å²) in [6, 6.07) is 0. The third-order valence-electron chi connectivity index (χ3n) is 2.42. The summed E-state index contributed by atoms with van der Waals surface area (Å²) in [6.07, 6.45) is -10.0. The molecule has 0 saturated carbocycles. The Morgan fingerprint density at radius 3 is 1.50 bits per heavy atom. The molecule has 0 saturated heterocycles. The van der Waals surface area contributed by atoms with E-state index in [0.29, 0.717) is 0 Å². The lowest BCUT2D eigenvalue weighted by atomic mass is 9.86. The number of alkyl halides is 6. The van der Waals surface area contributed by atoms with Crippen molar-refractivity contribution < 1.29 is 41.0 Å². The molecule has 0 aliphatic heterocycles. The molecule has 0 aromatic carbocycles. The van der Waals surface area contributed by atoms with Crippen LogP contribution in [0.5, 0.6) is 0 Å². The van der Waals surface area contributed by atoms with E-state index < -0.39 is 44.6 Å². The van der Waals surface area contributed by atoms with Gasteiger partial charge >= 0.3 is 31.2 Å². The molecule has 0 aromatic rings. The molecule has 0 atom stereocenters. The highest BCUT2D eigenvalue weighted by Gasteiger charge is 2.38. The molecule has 2 amide bonds. The SMILES string of the molecule is CB(O)N(CNCNC(=O)C(F)(F)F)CNCNC(=O)C(F)(F)F. The van der Waals surface area contributed by atoms with Crippen LogP contribution in [-0.2, 0) is 9.59 Å². The van der Waals surface area contributed by atoms with E-state index in [1.807, 2.05) is 0 Å². The molecule has 0 bridgehead atoms. The van der Waals surface area contributed by atoms with Gasteiger partial charge in [0, 0.05) is 13.3 Å². The Kier molecular flexibility index (Phi) is 9.02. The van der Waals surface area contributed by atoms with Gasteiger partial charge < -0.3 is 15.7 Å². The topological polar surface area (TPSA) is 106 Å². The highest BCUT2D eigenvalue weighted by molar-refractivity contribution is 6.45. The van der Waals surface area contributed by atoms with Crippen molar-refractivity contribution in [3.63, 3.8) is 0 Å². The maximum Gasteiger partial charge on any atom is 0.471 e. The van der Waals surface area contributed by atoms with Crippen molar-refractivity contribution >= 4 is 18.9 Å². The largest absolute Gasteiger partial charge is 0.471 e. The fourth-order valence-corrected chi connectivity index (χ4v) is 1.21. The highest BCUT2D eigenvalue weighted by Crippen LogP contribution is 2.14. The maximum absolute atomic E-state index is 11.9. The van der Waals surface area contributed by atoms with Crippen molar-refractivity contribution in [2.75, 3.05) is 26.7 Å². The van der Waals surface area contributed by atoms with E-state index >= 15 is 0 Å². The minimum atomic E-state index is -5.02. The van der Waals surface area contributed by atoms with Crippen molar-refractivity contribution in [3.8, 4) is 0 Å². The van der Waals surface area contributed by atoms with Gasteiger partial charge in [-0.3, -0.25) is 25.0 Å². The monoisotopic (exact) mass is 367 g/mol. The van der Waals surface area contributed by atoms with Crippen LogP contribution in [0.15, 0.2) is 0 Å². The molecule has 8 nitrogen and oxygen atoms in total. The smallest absolute Gasteiger partial charge is 0.437 e. The number of hydrogen-bond donors (Lipinski definition) is 5. The lowest BCUT2D eigenvalue weighted by Gasteiger charge is -2.24. The van der Waals surface area contributed by atoms with E-state index in [2.05, 4.69) is 10.6 Å². The first-order valence-corrected chi connectivity index (χ1v) is 6.39.